The first kappa shape index (κ1) is 16.1. The third kappa shape index (κ3) is 3.66. The SMILES string of the molecule is COCC(ONC(=O)c1cccc2c1OCCO2)C(=O)OC. The highest BCUT2D eigenvalue weighted by Gasteiger charge is 2.24. The van der Waals surface area contributed by atoms with Gasteiger partial charge in [-0.05, 0) is 12.1 Å². The monoisotopic (exact) mass is 311 g/mol. The van der Waals surface area contributed by atoms with E-state index < -0.39 is 18.0 Å². The molecular weight excluding hydrogens is 294 g/mol. The van der Waals surface area contributed by atoms with Crippen molar-refractivity contribution in [3.05, 3.63) is 23.8 Å². The Morgan fingerprint density at radius 1 is 1.27 bits per heavy atom. The minimum atomic E-state index is -1.06. The Morgan fingerprint density at radius 2 is 2.05 bits per heavy atom. The van der Waals surface area contributed by atoms with Gasteiger partial charge in [0.1, 0.15) is 13.2 Å². The van der Waals surface area contributed by atoms with Crippen LogP contribution in [0.3, 0.4) is 0 Å². The van der Waals surface area contributed by atoms with E-state index in [4.69, 9.17) is 19.0 Å². The second kappa shape index (κ2) is 7.62. The predicted molar refractivity (Wildman–Crippen MR) is 73.7 cm³/mol. The zero-order chi connectivity index (χ0) is 15.9. The summed E-state index contributed by atoms with van der Waals surface area (Å²) in [4.78, 5) is 28.7. The highest BCUT2D eigenvalue weighted by molar-refractivity contribution is 5.97. The molecule has 1 aliphatic rings. The molecule has 1 aromatic rings. The molecule has 0 fully saturated rings. The van der Waals surface area contributed by atoms with Crippen molar-refractivity contribution in [2.45, 2.75) is 6.10 Å². The van der Waals surface area contributed by atoms with Gasteiger partial charge in [0.15, 0.2) is 11.5 Å². The number of amides is 1. The van der Waals surface area contributed by atoms with Crippen LogP contribution in [0.15, 0.2) is 18.2 Å². The highest BCUT2D eigenvalue weighted by Crippen LogP contribution is 2.33. The molecule has 8 heteroatoms. The van der Waals surface area contributed by atoms with E-state index in [9.17, 15) is 9.59 Å². The second-order valence-electron chi connectivity index (χ2n) is 4.35. The van der Waals surface area contributed by atoms with Crippen molar-refractivity contribution in [3.8, 4) is 11.5 Å². The number of para-hydroxylation sites is 1. The van der Waals surface area contributed by atoms with E-state index >= 15 is 0 Å². The maximum absolute atomic E-state index is 12.2. The van der Waals surface area contributed by atoms with Gasteiger partial charge in [-0.3, -0.25) is 9.63 Å². The smallest absolute Gasteiger partial charge is 0.340 e. The van der Waals surface area contributed by atoms with Gasteiger partial charge in [0, 0.05) is 7.11 Å². The van der Waals surface area contributed by atoms with Gasteiger partial charge in [0.05, 0.1) is 19.3 Å². The van der Waals surface area contributed by atoms with Crippen molar-refractivity contribution in [2.75, 3.05) is 34.0 Å². The lowest BCUT2D eigenvalue weighted by atomic mass is 10.1. The summed E-state index contributed by atoms with van der Waals surface area (Å²) < 4.78 is 20.2. The molecule has 8 nitrogen and oxygen atoms in total. The Hall–Kier alpha value is -2.32. The molecule has 1 unspecified atom stereocenters. The lowest BCUT2D eigenvalue weighted by Gasteiger charge is -2.21. The number of methoxy groups -OCH3 is 2. The molecule has 2 rings (SSSR count). The molecule has 0 aromatic heterocycles. The van der Waals surface area contributed by atoms with E-state index in [-0.39, 0.29) is 12.2 Å². The Balaban J connectivity index is 2.04. The molecular formula is C14H17NO7. The molecule has 22 heavy (non-hydrogen) atoms. The lowest BCUT2D eigenvalue weighted by molar-refractivity contribution is -0.161. The van der Waals surface area contributed by atoms with Crippen molar-refractivity contribution < 1.29 is 33.4 Å². The average molecular weight is 311 g/mol. The normalized spacial score (nSPS) is 14.1. The largest absolute Gasteiger partial charge is 0.486 e. The van der Waals surface area contributed by atoms with E-state index in [0.29, 0.717) is 24.7 Å². The van der Waals surface area contributed by atoms with Crippen LogP contribution in [0.25, 0.3) is 0 Å². The van der Waals surface area contributed by atoms with Gasteiger partial charge in [-0.25, -0.2) is 10.3 Å². The summed E-state index contributed by atoms with van der Waals surface area (Å²) in [6, 6.07) is 4.93. The van der Waals surface area contributed by atoms with Gasteiger partial charge in [-0.1, -0.05) is 6.07 Å². The maximum Gasteiger partial charge on any atom is 0.340 e. The topological polar surface area (TPSA) is 92.3 Å². The number of ether oxygens (including phenoxy) is 4. The number of carbonyl (C=O) groups excluding carboxylic acids is 2. The summed E-state index contributed by atoms with van der Waals surface area (Å²) in [7, 11) is 2.62. The fraction of sp³-hybridized carbons (Fsp3) is 0.429. The summed E-state index contributed by atoms with van der Waals surface area (Å²) in [5.74, 6) is -0.388. The fourth-order valence-electron chi connectivity index (χ4n) is 1.87. The maximum atomic E-state index is 12.2. The number of carbonyl (C=O) groups is 2. The molecule has 120 valence electrons. The molecule has 1 amide bonds. The first-order chi connectivity index (χ1) is 10.7. The van der Waals surface area contributed by atoms with Crippen molar-refractivity contribution in [2.24, 2.45) is 0 Å². The van der Waals surface area contributed by atoms with E-state index in [1.165, 1.54) is 14.2 Å². The summed E-state index contributed by atoms with van der Waals surface area (Å²) in [5, 5.41) is 0. The van der Waals surface area contributed by atoms with Crippen LogP contribution in [0.1, 0.15) is 10.4 Å². The Labute approximate surface area is 127 Å². The van der Waals surface area contributed by atoms with Crippen molar-refractivity contribution in [3.63, 3.8) is 0 Å². The van der Waals surface area contributed by atoms with Gasteiger partial charge in [-0.2, -0.15) is 0 Å². The Kier molecular flexibility index (Phi) is 5.56. The summed E-state index contributed by atoms with van der Waals surface area (Å²) in [6.45, 7) is 0.721. The van der Waals surface area contributed by atoms with E-state index in [1.54, 1.807) is 18.2 Å². The Bertz CT molecular complexity index is 546. The van der Waals surface area contributed by atoms with Crippen LogP contribution < -0.4 is 15.0 Å². The molecule has 0 saturated carbocycles. The van der Waals surface area contributed by atoms with Crippen LogP contribution in [0, 0.1) is 0 Å². The molecule has 1 N–H and O–H groups in total. The van der Waals surface area contributed by atoms with Crippen LogP contribution in [0.5, 0.6) is 11.5 Å². The molecule has 1 atom stereocenters. The number of nitrogens with one attached hydrogen (secondary N) is 1. The molecule has 0 radical (unpaired) electrons. The minimum Gasteiger partial charge on any atom is -0.486 e. The summed E-state index contributed by atoms with van der Waals surface area (Å²) in [6.07, 6.45) is -1.06. The third-order valence-corrected chi connectivity index (χ3v) is 2.89. The van der Waals surface area contributed by atoms with Gasteiger partial charge in [0.25, 0.3) is 5.91 Å². The lowest BCUT2D eigenvalue weighted by Crippen LogP contribution is -2.38. The van der Waals surface area contributed by atoms with Crippen LogP contribution in [0.4, 0.5) is 0 Å². The minimum absolute atomic E-state index is 0.0561. The molecule has 1 aromatic carbocycles. The summed E-state index contributed by atoms with van der Waals surface area (Å²) in [5.41, 5.74) is 2.44. The number of benzene rings is 1. The zero-order valence-corrected chi connectivity index (χ0v) is 12.3. The number of hydroxylamine groups is 1. The van der Waals surface area contributed by atoms with Gasteiger partial charge in [-0.15, -0.1) is 0 Å². The van der Waals surface area contributed by atoms with Gasteiger partial charge < -0.3 is 18.9 Å². The summed E-state index contributed by atoms with van der Waals surface area (Å²) >= 11 is 0. The van der Waals surface area contributed by atoms with E-state index in [1.807, 2.05) is 0 Å². The molecule has 0 bridgehead atoms. The predicted octanol–water partition coefficient (Wildman–Crippen LogP) is 0.307. The van der Waals surface area contributed by atoms with E-state index in [2.05, 4.69) is 10.2 Å². The number of hydrogen-bond acceptors (Lipinski definition) is 7. The Morgan fingerprint density at radius 3 is 2.77 bits per heavy atom. The molecule has 0 saturated heterocycles. The van der Waals surface area contributed by atoms with Crippen LogP contribution in [-0.4, -0.2) is 52.0 Å². The van der Waals surface area contributed by atoms with Crippen molar-refractivity contribution >= 4 is 11.9 Å². The molecule has 1 aliphatic heterocycles. The van der Waals surface area contributed by atoms with Gasteiger partial charge >= 0.3 is 5.97 Å². The van der Waals surface area contributed by atoms with Gasteiger partial charge in [0.2, 0.25) is 6.10 Å². The molecule has 0 spiro atoms. The van der Waals surface area contributed by atoms with Crippen molar-refractivity contribution in [1.82, 2.24) is 5.48 Å². The third-order valence-electron chi connectivity index (χ3n) is 2.89. The quantitative estimate of drug-likeness (QED) is 0.597. The van der Waals surface area contributed by atoms with Crippen LogP contribution in [-0.2, 0) is 19.1 Å². The fourth-order valence-corrected chi connectivity index (χ4v) is 1.87. The molecule has 0 aliphatic carbocycles. The number of esters is 1. The number of rotatable bonds is 6. The number of hydrogen-bond donors (Lipinski definition) is 1. The highest BCUT2D eigenvalue weighted by atomic mass is 16.7. The first-order valence-corrected chi connectivity index (χ1v) is 6.58. The van der Waals surface area contributed by atoms with E-state index in [0.717, 1.165) is 0 Å². The second-order valence-corrected chi connectivity index (χ2v) is 4.35. The zero-order valence-electron chi connectivity index (χ0n) is 12.3. The average Bonchev–Trinajstić information content (AvgIpc) is 2.57. The van der Waals surface area contributed by atoms with Crippen molar-refractivity contribution in [1.29, 1.82) is 0 Å². The number of fused-ring (bicyclic) bond motifs is 1. The first-order valence-electron chi connectivity index (χ1n) is 6.58. The van der Waals surface area contributed by atoms with Crippen LogP contribution >= 0.6 is 0 Å². The molecule has 1 heterocycles. The standard InChI is InChI=1S/C14H17NO7/c1-18-8-11(14(17)19-2)22-15-13(16)9-4-3-5-10-12(9)21-7-6-20-10/h3-5,11H,6-8H2,1-2H3,(H,15,16). The van der Waals surface area contributed by atoms with Crippen LogP contribution in [0.2, 0.25) is 0 Å².